The zero-order chi connectivity index (χ0) is 12.3. The van der Waals surface area contributed by atoms with Crippen molar-refractivity contribution in [2.45, 2.75) is 53.1 Å². The van der Waals surface area contributed by atoms with Crippen LogP contribution in [-0.2, 0) is 4.79 Å². The van der Waals surface area contributed by atoms with Crippen molar-refractivity contribution in [2.24, 2.45) is 11.3 Å². The predicted octanol–water partition coefficient (Wildman–Crippen LogP) is 2.04. The van der Waals surface area contributed by atoms with E-state index in [2.05, 4.69) is 27.7 Å². The highest BCUT2D eigenvalue weighted by Crippen LogP contribution is 2.28. The van der Waals surface area contributed by atoms with Gasteiger partial charge in [0.2, 0.25) is 5.91 Å². The summed E-state index contributed by atoms with van der Waals surface area (Å²) in [6.07, 6.45) is 2.04. The molecule has 0 bridgehead atoms. The Morgan fingerprint density at radius 3 is 2.62 bits per heavy atom. The summed E-state index contributed by atoms with van der Waals surface area (Å²) in [5.74, 6) is 0.570. The van der Waals surface area contributed by atoms with Gasteiger partial charge in [-0.2, -0.15) is 0 Å². The van der Waals surface area contributed by atoms with Crippen LogP contribution in [0.4, 0.5) is 0 Å². The van der Waals surface area contributed by atoms with Crippen LogP contribution in [0, 0.1) is 11.3 Å². The first-order valence-corrected chi connectivity index (χ1v) is 6.26. The highest BCUT2D eigenvalue weighted by atomic mass is 16.3. The van der Waals surface area contributed by atoms with Crippen LogP contribution in [0.15, 0.2) is 0 Å². The number of likely N-dealkylation sites (tertiary alicyclic amines) is 1. The maximum Gasteiger partial charge on any atom is 0.222 e. The largest absolute Gasteiger partial charge is 0.391 e. The smallest absolute Gasteiger partial charge is 0.222 e. The minimum absolute atomic E-state index is 0.171. The Bertz CT molecular complexity index is 245. The number of rotatable bonds is 2. The molecule has 1 rings (SSSR count). The van der Waals surface area contributed by atoms with E-state index < -0.39 is 0 Å². The number of nitrogens with zero attached hydrogens (tertiary/aromatic N) is 1. The van der Waals surface area contributed by atoms with E-state index in [1.54, 1.807) is 0 Å². The molecule has 1 N–H and O–H groups in total. The molecule has 3 nitrogen and oxygen atoms in total. The lowest BCUT2D eigenvalue weighted by molar-refractivity contribution is -0.135. The van der Waals surface area contributed by atoms with Crippen LogP contribution in [0.1, 0.15) is 47.0 Å². The summed E-state index contributed by atoms with van der Waals surface area (Å²) in [4.78, 5) is 13.8. The van der Waals surface area contributed by atoms with E-state index in [1.165, 1.54) is 0 Å². The van der Waals surface area contributed by atoms with Crippen LogP contribution in [-0.4, -0.2) is 35.1 Å². The fourth-order valence-electron chi connectivity index (χ4n) is 1.88. The van der Waals surface area contributed by atoms with Crippen molar-refractivity contribution in [2.75, 3.05) is 13.1 Å². The van der Waals surface area contributed by atoms with Crippen molar-refractivity contribution < 1.29 is 9.90 Å². The molecule has 1 saturated heterocycles. The summed E-state index contributed by atoms with van der Waals surface area (Å²) in [5, 5.41) is 9.53. The molecule has 2 unspecified atom stereocenters. The van der Waals surface area contributed by atoms with Crippen molar-refractivity contribution in [1.82, 2.24) is 4.90 Å². The van der Waals surface area contributed by atoms with E-state index in [4.69, 9.17) is 0 Å². The average molecular weight is 227 g/mol. The molecule has 0 aliphatic carbocycles. The lowest BCUT2D eigenvalue weighted by Crippen LogP contribution is -2.43. The lowest BCUT2D eigenvalue weighted by Gasteiger charge is -2.33. The molecule has 0 spiro atoms. The Hall–Kier alpha value is -0.570. The van der Waals surface area contributed by atoms with Crippen molar-refractivity contribution in [3.8, 4) is 0 Å². The third-order valence-electron chi connectivity index (χ3n) is 3.71. The number of hydrogen-bond acceptors (Lipinski definition) is 2. The van der Waals surface area contributed by atoms with Crippen molar-refractivity contribution >= 4 is 5.91 Å². The molecule has 16 heavy (non-hydrogen) atoms. The van der Waals surface area contributed by atoms with E-state index in [0.717, 1.165) is 19.4 Å². The number of aliphatic hydroxyl groups excluding tert-OH is 1. The number of hydrogen-bond donors (Lipinski definition) is 1. The van der Waals surface area contributed by atoms with Gasteiger partial charge in [0.25, 0.3) is 0 Å². The zero-order valence-electron chi connectivity index (χ0n) is 11.0. The number of carbonyl (C=O) groups excluding carboxylic acids is 1. The average Bonchev–Trinajstić information content (AvgIpc) is 2.16. The van der Waals surface area contributed by atoms with Gasteiger partial charge >= 0.3 is 0 Å². The highest BCUT2D eigenvalue weighted by Gasteiger charge is 2.27. The van der Waals surface area contributed by atoms with Gasteiger partial charge in [0.15, 0.2) is 0 Å². The van der Waals surface area contributed by atoms with E-state index >= 15 is 0 Å². The summed E-state index contributed by atoms with van der Waals surface area (Å²) < 4.78 is 0. The molecule has 0 saturated carbocycles. The first-order chi connectivity index (χ1) is 7.30. The van der Waals surface area contributed by atoms with Crippen molar-refractivity contribution in [3.05, 3.63) is 0 Å². The van der Waals surface area contributed by atoms with Crippen molar-refractivity contribution in [3.63, 3.8) is 0 Å². The fraction of sp³-hybridized carbons (Fsp3) is 0.923. The summed E-state index contributed by atoms with van der Waals surface area (Å²) in [6.45, 7) is 9.95. The summed E-state index contributed by atoms with van der Waals surface area (Å²) in [7, 11) is 0. The summed E-state index contributed by atoms with van der Waals surface area (Å²) in [6, 6.07) is 0. The first kappa shape index (κ1) is 13.5. The molecular formula is C13H25NO2. The monoisotopic (exact) mass is 227 g/mol. The quantitative estimate of drug-likeness (QED) is 0.784. The second-order valence-corrected chi connectivity index (χ2v) is 6.11. The normalized spacial score (nSPS) is 24.3. The van der Waals surface area contributed by atoms with Gasteiger partial charge in [-0.25, -0.2) is 0 Å². The molecule has 2 atom stereocenters. The van der Waals surface area contributed by atoms with Crippen molar-refractivity contribution in [1.29, 1.82) is 0 Å². The maximum absolute atomic E-state index is 12.0. The molecule has 0 aromatic rings. The third kappa shape index (κ3) is 3.78. The highest BCUT2D eigenvalue weighted by molar-refractivity contribution is 5.76. The second kappa shape index (κ2) is 5.17. The molecule has 94 valence electrons. The molecule has 1 aliphatic heterocycles. The van der Waals surface area contributed by atoms with Crippen LogP contribution in [0.3, 0.4) is 0 Å². The van der Waals surface area contributed by atoms with Crippen LogP contribution >= 0.6 is 0 Å². The van der Waals surface area contributed by atoms with Gasteiger partial charge in [-0.15, -0.1) is 0 Å². The van der Waals surface area contributed by atoms with Crippen LogP contribution < -0.4 is 0 Å². The maximum atomic E-state index is 12.0. The number of β-amino-alcohol motifs (C(OH)–C–C–N with tert-alkyl or cyclic N) is 1. The number of amides is 1. The predicted molar refractivity (Wildman–Crippen MR) is 65.1 cm³/mol. The van der Waals surface area contributed by atoms with Gasteiger partial charge < -0.3 is 10.0 Å². The summed E-state index contributed by atoms with van der Waals surface area (Å²) in [5.41, 5.74) is 0.171. The van der Waals surface area contributed by atoms with Gasteiger partial charge in [-0.3, -0.25) is 4.79 Å². The molecular weight excluding hydrogens is 202 g/mol. The molecule has 0 radical (unpaired) electrons. The fourth-order valence-corrected chi connectivity index (χ4v) is 1.88. The Kier molecular flexibility index (Phi) is 4.36. The number of aliphatic hydroxyl groups is 1. The topological polar surface area (TPSA) is 40.5 Å². The lowest BCUT2D eigenvalue weighted by atomic mass is 9.80. The minimum atomic E-state index is -0.317. The zero-order valence-corrected chi connectivity index (χ0v) is 11.0. The molecule has 1 heterocycles. The standard InChI is InChI=1S/C13H25NO2/c1-10(13(2,3)4)8-12(16)14-7-5-6-11(15)9-14/h10-11,15H,5-9H2,1-4H3. The SMILES string of the molecule is CC(CC(=O)N1CCCC(O)C1)C(C)(C)C. The second-order valence-electron chi connectivity index (χ2n) is 6.11. The first-order valence-electron chi connectivity index (χ1n) is 6.26. The van der Waals surface area contributed by atoms with Gasteiger partial charge in [-0.1, -0.05) is 27.7 Å². The molecule has 0 aromatic carbocycles. The molecule has 1 fully saturated rings. The van der Waals surface area contributed by atoms with E-state index in [0.29, 0.717) is 18.9 Å². The Morgan fingerprint density at radius 1 is 1.50 bits per heavy atom. The van der Waals surface area contributed by atoms with E-state index in [1.807, 2.05) is 4.90 Å². The Morgan fingerprint density at radius 2 is 2.12 bits per heavy atom. The minimum Gasteiger partial charge on any atom is -0.391 e. The van der Waals surface area contributed by atoms with E-state index in [9.17, 15) is 9.90 Å². The van der Waals surface area contributed by atoms with Crippen LogP contribution in [0.5, 0.6) is 0 Å². The Balaban J connectivity index is 2.46. The van der Waals surface area contributed by atoms with Gasteiger partial charge in [0.1, 0.15) is 0 Å². The van der Waals surface area contributed by atoms with E-state index in [-0.39, 0.29) is 17.4 Å². The van der Waals surface area contributed by atoms with Crippen LogP contribution in [0.2, 0.25) is 0 Å². The van der Waals surface area contributed by atoms with Gasteiger partial charge in [-0.05, 0) is 24.2 Å². The molecule has 1 amide bonds. The van der Waals surface area contributed by atoms with Gasteiger partial charge in [0.05, 0.1) is 6.10 Å². The third-order valence-corrected chi connectivity index (χ3v) is 3.71. The molecule has 1 aliphatic rings. The summed E-state index contributed by atoms with van der Waals surface area (Å²) >= 11 is 0. The molecule has 0 aromatic heterocycles. The van der Waals surface area contributed by atoms with Gasteiger partial charge in [0, 0.05) is 19.5 Å². The number of carbonyl (C=O) groups is 1. The molecule has 3 heteroatoms. The Labute approximate surface area is 98.8 Å². The number of piperidine rings is 1. The van der Waals surface area contributed by atoms with Crippen LogP contribution in [0.25, 0.3) is 0 Å².